The zero-order chi connectivity index (χ0) is 18.2. The maximum absolute atomic E-state index is 11.0. The van der Waals surface area contributed by atoms with Gasteiger partial charge in [-0.15, -0.1) is 0 Å². The fourth-order valence-corrected chi connectivity index (χ4v) is 2.03. The van der Waals surface area contributed by atoms with Crippen LogP contribution in [0.25, 0.3) is 0 Å². The summed E-state index contributed by atoms with van der Waals surface area (Å²) in [6, 6.07) is 9.89. The predicted molar refractivity (Wildman–Crippen MR) is 97.1 cm³/mol. The Labute approximate surface area is 145 Å². The Morgan fingerprint density at radius 1 is 0.960 bits per heavy atom. The molecule has 0 aliphatic rings. The Morgan fingerprint density at radius 2 is 1.60 bits per heavy atom. The molecule has 0 aliphatic carbocycles. The molecule has 0 spiro atoms. The van der Waals surface area contributed by atoms with Crippen molar-refractivity contribution in [2.24, 2.45) is 9.98 Å². The second-order valence-corrected chi connectivity index (χ2v) is 5.21. The second kappa shape index (κ2) is 8.49. The number of phenols is 3. The molecule has 0 aliphatic heterocycles. The highest BCUT2D eigenvalue weighted by atomic mass is 16.3. The van der Waals surface area contributed by atoms with Gasteiger partial charge < -0.3 is 20.6 Å². The van der Waals surface area contributed by atoms with Crippen LogP contribution in [-0.4, -0.2) is 46.7 Å². The quantitative estimate of drug-likeness (QED) is 0.367. The molecular weight excluding hydrogens is 322 g/mol. The molecule has 2 aromatic carbocycles. The normalized spacial score (nSPS) is 11.2. The summed E-state index contributed by atoms with van der Waals surface area (Å²) in [5, 5.41) is 31.8. The monoisotopic (exact) mass is 341 g/mol. The summed E-state index contributed by atoms with van der Waals surface area (Å²) in [5.41, 5.74) is 1.09. The molecule has 0 fully saturated rings. The fourth-order valence-electron chi connectivity index (χ4n) is 2.03. The number of carbonyl (C=O) groups excluding carboxylic acids is 1. The SMILES string of the molecule is CC(=O)Nc1ccc(C=NCCN=Cc2ccccc2O)c(O)c1O. The Morgan fingerprint density at radius 3 is 2.24 bits per heavy atom. The van der Waals surface area contributed by atoms with E-state index in [0.29, 0.717) is 24.2 Å². The van der Waals surface area contributed by atoms with E-state index in [-0.39, 0.29) is 23.1 Å². The average molecular weight is 341 g/mol. The van der Waals surface area contributed by atoms with Crippen LogP contribution in [0.1, 0.15) is 18.1 Å². The molecule has 0 saturated carbocycles. The number of amides is 1. The lowest BCUT2D eigenvalue weighted by molar-refractivity contribution is -0.114. The Kier molecular flexibility index (Phi) is 6.11. The molecular formula is C18H19N3O4. The van der Waals surface area contributed by atoms with E-state index in [1.807, 2.05) is 0 Å². The van der Waals surface area contributed by atoms with E-state index in [0.717, 1.165) is 0 Å². The lowest BCUT2D eigenvalue weighted by atomic mass is 10.1. The van der Waals surface area contributed by atoms with Crippen molar-refractivity contribution in [3.8, 4) is 17.2 Å². The van der Waals surface area contributed by atoms with Crippen LogP contribution in [0.2, 0.25) is 0 Å². The van der Waals surface area contributed by atoms with Gasteiger partial charge in [0.2, 0.25) is 5.91 Å². The molecule has 7 nitrogen and oxygen atoms in total. The van der Waals surface area contributed by atoms with Gasteiger partial charge in [0.15, 0.2) is 11.5 Å². The van der Waals surface area contributed by atoms with Crippen molar-refractivity contribution in [1.82, 2.24) is 0 Å². The zero-order valence-corrected chi connectivity index (χ0v) is 13.7. The number of aliphatic imine (C=N–C) groups is 2. The van der Waals surface area contributed by atoms with Gasteiger partial charge in [-0.25, -0.2) is 0 Å². The zero-order valence-electron chi connectivity index (χ0n) is 13.7. The van der Waals surface area contributed by atoms with Crippen LogP contribution >= 0.6 is 0 Å². The number of para-hydroxylation sites is 1. The number of phenolic OH excluding ortho intramolecular Hbond substituents is 3. The molecule has 4 N–H and O–H groups in total. The number of hydrogen-bond donors (Lipinski definition) is 4. The molecule has 0 aromatic heterocycles. The average Bonchev–Trinajstić information content (AvgIpc) is 2.58. The second-order valence-electron chi connectivity index (χ2n) is 5.21. The fraction of sp³-hybridized carbons (Fsp3) is 0.167. The molecule has 0 radical (unpaired) electrons. The van der Waals surface area contributed by atoms with Crippen LogP contribution in [0.3, 0.4) is 0 Å². The molecule has 2 rings (SSSR count). The van der Waals surface area contributed by atoms with Gasteiger partial charge in [0.05, 0.1) is 18.8 Å². The smallest absolute Gasteiger partial charge is 0.221 e. The van der Waals surface area contributed by atoms with Crippen LogP contribution in [0, 0.1) is 0 Å². The molecule has 0 heterocycles. The first-order valence-corrected chi connectivity index (χ1v) is 7.59. The summed E-state index contributed by atoms with van der Waals surface area (Å²) < 4.78 is 0. The topological polar surface area (TPSA) is 115 Å². The number of hydrogen-bond acceptors (Lipinski definition) is 6. The number of rotatable bonds is 6. The summed E-state index contributed by atoms with van der Waals surface area (Å²) in [6.45, 7) is 2.08. The van der Waals surface area contributed by atoms with Crippen LogP contribution in [-0.2, 0) is 4.79 Å². The van der Waals surface area contributed by atoms with Crippen molar-refractivity contribution in [1.29, 1.82) is 0 Å². The van der Waals surface area contributed by atoms with E-state index in [1.165, 1.54) is 25.3 Å². The van der Waals surface area contributed by atoms with Crippen LogP contribution in [0.5, 0.6) is 17.2 Å². The van der Waals surface area contributed by atoms with Gasteiger partial charge in [-0.3, -0.25) is 14.8 Å². The highest BCUT2D eigenvalue weighted by Crippen LogP contribution is 2.35. The van der Waals surface area contributed by atoms with Crippen molar-refractivity contribution in [3.05, 3.63) is 47.5 Å². The van der Waals surface area contributed by atoms with Gasteiger partial charge in [0, 0.05) is 30.5 Å². The van der Waals surface area contributed by atoms with Gasteiger partial charge in [0.25, 0.3) is 0 Å². The van der Waals surface area contributed by atoms with Gasteiger partial charge in [0.1, 0.15) is 5.75 Å². The summed E-state index contributed by atoms with van der Waals surface area (Å²) in [5.74, 6) is -0.947. The van der Waals surface area contributed by atoms with E-state index < -0.39 is 5.75 Å². The third-order valence-corrected chi connectivity index (χ3v) is 3.25. The summed E-state index contributed by atoms with van der Waals surface area (Å²) in [7, 11) is 0. The van der Waals surface area contributed by atoms with Crippen LogP contribution in [0.15, 0.2) is 46.4 Å². The first kappa shape index (κ1) is 18.0. The molecule has 25 heavy (non-hydrogen) atoms. The van der Waals surface area contributed by atoms with Gasteiger partial charge in [-0.1, -0.05) is 12.1 Å². The molecule has 0 unspecified atom stereocenters. The minimum atomic E-state index is -0.406. The highest BCUT2D eigenvalue weighted by molar-refractivity contribution is 5.93. The van der Waals surface area contributed by atoms with E-state index in [9.17, 15) is 20.1 Å². The Hall–Kier alpha value is -3.35. The number of benzene rings is 2. The Balaban J connectivity index is 1.93. The first-order valence-electron chi connectivity index (χ1n) is 7.59. The molecule has 0 bridgehead atoms. The standard InChI is InChI=1S/C18H19N3O4/c1-12(22)21-15-7-6-14(17(24)18(15)25)11-20-9-8-19-10-13-4-2-3-5-16(13)23/h2-7,10-11,23-25H,8-9H2,1H3,(H,21,22). The lowest BCUT2D eigenvalue weighted by Crippen LogP contribution is -2.06. The predicted octanol–water partition coefficient (Wildman–Crippen LogP) is 2.30. The number of aromatic hydroxyl groups is 3. The molecule has 1 amide bonds. The van der Waals surface area contributed by atoms with Crippen molar-refractivity contribution in [3.63, 3.8) is 0 Å². The number of anilines is 1. The molecule has 0 atom stereocenters. The molecule has 2 aromatic rings. The van der Waals surface area contributed by atoms with E-state index >= 15 is 0 Å². The minimum absolute atomic E-state index is 0.134. The van der Waals surface area contributed by atoms with Crippen molar-refractivity contribution in [2.45, 2.75) is 6.92 Å². The summed E-state index contributed by atoms with van der Waals surface area (Å²) in [4.78, 5) is 19.3. The van der Waals surface area contributed by atoms with E-state index in [2.05, 4.69) is 15.3 Å². The van der Waals surface area contributed by atoms with Gasteiger partial charge >= 0.3 is 0 Å². The van der Waals surface area contributed by atoms with Crippen molar-refractivity contribution < 1.29 is 20.1 Å². The van der Waals surface area contributed by atoms with E-state index in [4.69, 9.17) is 0 Å². The van der Waals surface area contributed by atoms with Crippen LogP contribution < -0.4 is 5.32 Å². The maximum atomic E-state index is 11.0. The highest BCUT2D eigenvalue weighted by Gasteiger charge is 2.11. The third kappa shape index (κ3) is 5.07. The first-order chi connectivity index (χ1) is 12.0. The van der Waals surface area contributed by atoms with Crippen molar-refractivity contribution >= 4 is 24.0 Å². The third-order valence-electron chi connectivity index (χ3n) is 3.25. The van der Waals surface area contributed by atoms with Gasteiger partial charge in [-0.2, -0.15) is 0 Å². The minimum Gasteiger partial charge on any atom is -0.507 e. The maximum Gasteiger partial charge on any atom is 0.221 e. The summed E-state index contributed by atoms with van der Waals surface area (Å²) >= 11 is 0. The lowest BCUT2D eigenvalue weighted by Gasteiger charge is -2.08. The van der Waals surface area contributed by atoms with Gasteiger partial charge in [-0.05, 0) is 24.3 Å². The number of nitrogens with one attached hydrogen (secondary N) is 1. The molecule has 7 heteroatoms. The largest absolute Gasteiger partial charge is 0.507 e. The number of carbonyl (C=O) groups is 1. The van der Waals surface area contributed by atoms with Crippen molar-refractivity contribution in [2.75, 3.05) is 18.4 Å². The molecule has 0 saturated heterocycles. The van der Waals surface area contributed by atoms with E-state index in [1.54, 1.807) is 30.5 Å². The Bertz CT molecular complexity index is 816. The van der Waals surface area contributed by atoms with Crippen LogP contribution in [0.4, 0.5) is 5.69 Å². The summed E-state index contributed by atoms with van der Waals surface area (Å²) in [6.07, 6.45) is 2.98. The number of nitrogens with zero attached hydrogens (tertiary/aromatic N) is 2. The molecule has 130 valence electrons.